The van der Waals surface area contributed by atoms with Gasteiger partial charge in [-0.05, 0) is 74.9 Å². The van der Waals surface area contributed by atoms with Crippen LogP contribution in [-0.4, -0.2) is 45.2 Å². The molecule has 1 amide bonds. The molecule has 0 N–H and O–H groups in total. The second-order valence-corrected chi connectivity index (χ2v) is 10.6. The van der Waals surface area contributed by atoms with Gasteiger partial charge in [-0.1, -0.05) is 60.2 Å². The fraction of sp³-hybridized carbons (Fsp3) is 0.143. The van der Waals surface area contributed by atoms with Crippen molar-refractivity contribution in [2.24, 2.45) is 5.10 Å². The van der Waals surface area contributed by atoms with Gasteiger partial charge in [-0.25, -0.2) is 9.59 Å². The molecule has 0 saturated heterocycles. The number of aromatic nitrogens is 3. The largest absolute Gasteiger partial charge is 0.487 e. The molecule has 1 aromatic heterocycles. The van der Waals surface area contributed by atoms with Crippen LogP contribution in [0.15, 0.2) is 108 Å². The highest BCUT2D eigenvalue weighted by Gasteiger charge is 2.41. The first-order chi connectivity index (χ1) is 22.3. The van der Waals surface area contributed by atoms with E-state index in [9.17, 15) is 14.4 Å². The molecule has 11 heteroatoms. The zero-order chi connectivity index (χ0) is 32.2. The minimum Gasteiger partial charge on any atom is -0.487 e. The van der Waals surface area contributed by atoms with E-state index in [1.807, 2.05) is 44.2 Å². The van der Waals surface area contributed by atoms with Crippen LogP contribution in [0.25, 0.3) is 0 Å². The molecule has 0 bridgehead atoms. The number of amides is 1. The van der Waals surface area contributed by atoms with Crippen molar-refractivity contribution in [3.05, 3.63) is 131 Å². The van der Waals surface area contributed by atoms with Crippen molar-refractivity contribution in [3.63, 3.8) is 0 Å². The molecular formula is C35H29N5O6. The number of para-hydroxylation sites is 2. The molecule has 4 aromatic carbocycles. The Morgan fingerprint density at radius 1 is 0.761 bits per heavy atom. The van der Waals surface area contributed by atoms with Gasteiger partial charge in [0.2, 0.25) is 0 Å². The van der Waals surface area contributed by atoms with Crippen LogP contribution >= 0.6 is 0 Å². The number of benzene rings is 4. The predicted molar refractivity (Wildman–Crippen MR) is 169 cm³/mol. The Balaban J connectivity index is 1.23. The third-order valence-corrected chi connectivity index (χ3v) is 7.15. The zero-order valence-corrected chi connectivity index (χ0v) is 25.3. The van der Waals surface area contributed by atoms with Crippen molar-refractivity contribution in [1.82, 2.24) is 15.0 Å². The van der Waals surface area contributed by atoms with E-state index in [-0.39, 0.29) is 29.3 Å². The van der Waals surface area contributed by atoms with Crippen LogP contribution in [0.3, 0.4) is 0 Å². The standard InChI is InChI=1S/C35H29N5O6/c1-22-17-18-30(23(2)19-22)44-21-29-32(33(41)39(37-29)26-12-6-4-7-13-26)40-36-24(3)31(38-40)35(43)46-28-16-10-11-25(20-28)34(42)45-27-14-8-5-9-15-27/h4-20,32H,21H2,1-3H3. The van der Waals surface area contributed by atoms with Gasteiger partial charge in [0.25, 0.3) is 5.91 Å². The van der Waals surface area contributed by atoms with E-state index in [4.69, 9.17) is 14.2 Å². The molecule has 0 spiro atoms. The average Bonchev–Trinajstić information content (AvgIpc) is 3.60. The number of anilines is 1. The third-order valence-electron chi connectivity index (χ3n) is 7.15. The smallest absolute Gasteiger partial charge is 0.366 e. The van der Waals surface area contributed by atoms with Gasteiger partial charge < -0.3 is 14.2 Å². The lowest BCUT2D eigenvalue weighted by Gasteiger charge is -2.14. The molecule has 6 rings (SSSR count). The van der Waals surface area contributed by atoms with Gasteiger partial charge in [-0.15, -0.1) is 5.10 Å². The predicted octanol–water partition coefficient (Wildman–Crippen LogP) is 5.66. The van der Waals surface area contributed by atoms with Crippen molar-refractivity contribution in [2.75, 3.05) is 11.6 Å². The monoisotopic (exact) mass is 615 g/mol. The summed E-state index contributed by atoms with van der Waals surface area (Å²) in [5.41, 5.74) is 3.29. The summed E-state index contributed by atoms with van der Waals surface area (Å²) in [5.74, 6) is -0.683. The molecule has 1 aliphatic heterocycles. The lowest BCUT2D eigenvalue weighted by Crippen LogP contribution is -2.33. The molecule has 0 saturated carbocycles. The summed E-state index contributed by atoms with van der Waals surface area (Å²) in [4.78, 5) is 40.8. The maximum atomic E-state index is 13.7. The summed E-state index contributed by atoms with van der Waals surface area (Å²) in [5, 5.41) is 14.6. The van der Waals surface area contributed by atoms with E-state index in [2.05, 4.69) is 15.3 Å². The van der Waals surface area contributed by atoms with Gasteiger partial charge in [0, 0.05) is 0 Å². The number of hydrogen-bond acceptors (Lipinski definition) is 9. The van der Waals surface area contributed by atoms with Crippen molar-refractivity contribution in [2.45, 2.75) is 26.8 Å². The van der Waals surface area contributed by atoms with Gasteiger partial charge in [-0.3, -0.25) is 4.79 Å². The molecule has 0 fully saturated rings. The second kappa shape index (κ2) is 12.9. The Labute approximate surface area is 264 Å². The van der Waals surface area contributed by atoms with E-state index in [1.165, 1.54) is 17.1 Å². The molecule has 0 radical (unpaired) electrons. The van der Waals surface area contributed by atoms with Crippen LogP contribution in [0.2, 0.25) is 0 Å². The van der Waals surface area contributed by atoms with Crippen molar-refractivity contribution in [3.8, 4) is 17.2 Å². The van der Waals surface area contributed by atoms with E-state index in [0.717, 1.165) is 15.9 Å². The van der Waals surface area contributed by atoms with Crippen molar-refractivity contribution in [1.29, 1.82) is 0 Å². The first-order valence-electron chi connectivity index (χ1n) is 14.5. The van der Waals surface area contributed by atoms with Gasteiger partial charge in [0.1, 0.15) is 29.6 Å². The molecule has 0 aliphatic carbocycles. The Morgan fingerprint density at radius 3 is 2.20 bits per heavy atom. The van der Waals surface area contributed by atoms with Gasteiger partial charge in [0.05, 0.1) is 16.9 Å². The number of carbonyl (C=O) groups is 3. The minimum atomic E-state index is -1.07. The molecule has 11 nitrogen and oxygen atoms in total. The Bertz CT molecular complexity index is 1960. The van der Waals surface area contributed by atoms with Crippen LogP contribution in [0, 0.1) is 20.8 Å². The highest BCUT2D eigenvalue weighted by Crippen LogP contribution is 2.28. The fourth-order valence-corrected chi connectivity index (χ4v) is 4.90. The number of hydrogen-bond donors (Lipinski definition) is 0. The normalized spacial score (nSPS) is 14.2. The molecule has 5 aromatic rings. The van der Waals surface area contributed by atoms with Crippen LogP contribution in [-0.2, 0) is 4.79 Å². The highest BCUT2D eigenvalue weighted by molar-refractivity contribution is 6.17. The number of rotatable bonds is 9. The zero-order valence-electron chi connectivity index (χ0n) is 25.3. The summed E-state index contributed by atoms with van der Waals surface area (Å²) in [6.45, 7) is 5.51. The average molecular weight is 616 g/mol. The first kappa shape index (κ1) is 29.9. The molecular weight excluding hydrogens is 586 g/mol. The number of hydrazone groups is 1. The summed E-state index contributed by atoms with van der Waals surface area (Å²) in [7, 11) is 0. The van der Waals surface area contributed by atoms with Crippen LogP contribution in [0.5, 0.6) is 17.2 Å². The molecule has 46 heavy (non-hydrogen) atoms. The Kier molecular flexibility index (Phi) is 8.38. The van der Waals surface area contributed by atoms with Gasteiger partial charge in [0.15, 0.2) is 11.7 Å². The third kappa shape index (κ3) is 6.39. The summed E-state index contributed by atoms with van der Waals surface area (Å²) in [6, 6.07) is 28.4. The maximum absolute atomic E-state index is 13.7. The molecule has 230 valence electrons. The van der Waals surface area contributed by atoms with Gasteiger partial charge >= 0.3 is 11.9 Å². The Morgan fingerprint density at radius 2 is 1.46 bits per heavy atom. The number of nitrogens with zero attached hydrogens (tertiary/aromatic N) is 5. The maximum Gasteiger partial charge on any atom is 0.366 e. The van der Waals surface area contributed by atoms with E-state index < -0.39 is 23.9 Å². The van der Waals surface area contributed by atoms with Crippen LogP contribution in [0.4, 0.5) is 5.69 Å². The molecule has 1 unspecified atom stereocenters. The van der Waals surface area contributed by atoms with Gasteiger partial charge in [-0.2, -0.15) is 20.0 Å². The topological polar surface area (TPSA) is 125 Å². The lowest BCUT2D eigenvalue weighted by molar-refractivity contribution is -0.119. The summed E-state index contributed by atoms with van der Waals surface area (Å²) in [6.07, 6.45) is 0. The summed E-state index contributed by atoms with van der Waals surface area (Å²) < 4.78 is 17.0. The fourth-order valence-electron chi connectivity index (χ4n) is 4.90. The Hall–Kier alpha value is -6.10. The molecule has 1 atom stereocenters. The first-order valence-corrected chi connectivity index (χ1v) is 14.5. The lowest BCUT2D eigenvalue weighted by atomic mass is 10.1. The number of esters is 2. The van der Waals surface area contributed by atoms with E-state index in [0.29, 0.717) is 22.9 Å². The van der Waals surface area contributed by atoms with Crippen LogP contribution < -0.4 is 19.2 Å². The molecule has 1 aliphatic rings. The van der Waals surface area contributed by atoms with E-state index in [1.54, 1.807) is 67.6 Å². The second-order valence-electron chi connectivity index (χ2n) is 10.6. The highest BCUT2D eigenvalue weighted by atomic mass is 16.5. The minimum absolute atomic E-state index is 0.0180. The van der Waals surface area contributed by atoms with Crippen molar-refractivity contribution < 1.29 is 28.6 Å². The quantitative estimate of drug-likeness (QED) is 0.154. The van der Waals surface area contributed by atoms with Crippen LogP contribution in [0.1, 0.15) is 43.7 Å². The van der Waals surface area contributed by atoms with Crippen molar-refractivity contribution >= 4 is 29.2 Å². The van der Waals surface area contributed by atoms with E-state index >= 15 is 0 Å². The number of aryl methyl sites for hydroxylation is 3. The summed E-state index contributed by atoms with van der Waals surface area (Å²) >= 11 is 0. The molecule has 2 heterocycles. The SMILES string of the molecule is Cc1ccc(OCC2=NN(c3ccccc3)C(=O)C2n2nc(C)c(C(=O)Oc3cccc(C(=O)Oc4ccccc4)c3)n2)c(C)c1. The number of carbonyl (C=O) groups excluding carboxylic acids is 3. The number of ether oxygens (including phenoxy) is 3.